The Hall–Kier alpha value is -3.35. The zero-order chi connectivity index (χ0) is 20.8. The number of para-hydroxylation sites is 1. The zero-order valence-corrected chi connectivity index (χ0v) is 16.6. The van der Waals surface area contributed by atoms with E-state index in [0.29, 0.717) is 22.9 Å². The first-order valence-corrected chi connectivity index (χ1v) is 9.59. The van der Waals surface area contributed by atoms with Crippen molar-refractivity contribution in [1.29, 1.82) is 0 Å². The minimum atomic E-state index is -0.600. The Balaban J connectivity index is 1.98. The number of fused-ring (bicyclic) bond motifs is 1. The standard InChI is InChI=1S/C22H24FN5O/c1-3-4-7-10-28(2)14-25-20-12-17(18(23)11-15(20)13-29)22-26-19-9-6-5-8-16(19)21(24)27-22/h5-6,8-9,11-14H,3-4,7,10H2,1-2H3,(H2,24,26,27). The summed E-state index contributed by atoms with van der Waals surface area (Å²) in [6, 6.07) is 9.91. The molecule has 0 atom stereocenters. The van der Waals surface area contributed by atoms with Crippen LogP contribution in [0.4, 0.5) is 15.9 Å². The van der Waals surface area contributed by atoms with Gasteiger partial charge in [0.2, 0.25) is 0 Å². The molecule has 0 amide bonds. The van der Waals surface area contributed by atoms with Gasteiger partial charge in [-0.25, -0.2) is 19.4 Å². The van der Waals surface area contributed by atoms with Crippen LogP contribution in [0.15, 0.2) is 41.4 Å². The first-order valence-electron chi connectivity index (χ1n) is 9.59. The number of halogens is 1. The molecule has 29 heavy (non-hydrogen) atoms. The summed E-state index contributed by atoms with van der Waals surface area (Å²) in [6.07, 6.45) is 5.57. The normalized spacial score (nSPS) is 11.3. The lowest BCUT2D eigenvalue weighted by Gasteiger charge is -2.13. The van der Waals surface area contributed by atoms with Crippen LogP contribution in [0, 0.1) is 5.82 Å². The predicted molar refractivity (Wildman–Crippen MR) is 115 cm³/mol. The van der Waals surface area contributed by atoms with Crippen molar-refractivity contribution < 1.29 is 9.18 Å². The van der Waals surface area contributed by atoms with E-state index >= 15 is 0 Å². The van der Waals surface area contributed by atoms with Crippen molar-refractivity contribution in [2.45, 2.75) is 26.2 Å². The van der Waals surface area contributed by atoms with Gasteiger partial charge in [-0.15, -0.1) is 0 Å². The van der Waals surface area contributed by atoms with Crippen molar-refractivity contribution in [1.82, 2.24) is 14.9 Å². The van der Waals surface area contributed by atoms with Crippen molar-refractivity contribution in [2.75, 3.05) is 19.3 Å². The molecular weight excluding hydrogens is 369 g/mol. The van der Waals surface area contributed by atoms with Crippen LogP contribution in [-0.2, 0) is 0 Å². The van der Waals surface area contributed by atoms with Gasteiger partial charge in [0, 0.05) is 24.5 Å². The predicted octanol–water partition coefficient (Wildman–Crippen LogP) is 4.61. The Morgan fingerprint density at radius 3 is 2.76 bits per heavy atom. The number of carbonyl (C=O) groups excluding carboxylic acids is 1. The number of nitrogens with zero attached hydrogens (tertiary/aromatic N) is 4. The number of hydrogen-bond donors (Lipinski definition) is 1. The molecule has 0 aliphatic heterocycles. The number of unbranched alkanes of at least 4 members (excludes halogenated alkanes) is 2. The largest absolute Gasteiger partial charge is 0.383 e. The van der Waals surface area contributed by atoms with Crippen LogP contribution in [-0.4, -0.2) is 41.1 Å². The molecule has 2 aromatic carbocycles. The summed E-state index contributed by atoms with van der Waals surface area (Å²) in [5.41, 5.74) is 7.32. The average molecular weight is 393 g/mol. The molecule has 0 aliphatic carbocycles. The van der Waals surface area contributed by atoms with E-state index in [1.807, 2.05) is 30.1 Å². The van der Waals surface area contributed by atoms with Gasteiger partial charge in [0.05, 0.1) is 23.1 Å². The summed E-state index contributed by atoms with van der Waals surface area (Å²) in [4.78, 5) is 26.4. The molecule has 0 fully saturated rings. The summed E-state index contributed by atoms with van der Waals surface area (Å²) in [7, 11) is 1.91. The lowest BCUT2D eigenvalue weighted by atomic mass is 10.1. The van der Waals surface area contributed by atoms with Crippen molar-refractivity contribution >= 4 is 35.0 Å². The topological polar surface area (TPSA) is 84.5 Å². The molecule has 7 heteroatoms. The first kappa shape index (κ1) is 20.4. The SMILES string of the molecule is CCCCCN(C)C=Nc1cc(-c2nc(N)c3ccccc3n2)c(F)cc1C=O. The number of benzene rings is 2. The van der Waals surface area contributed by atoms with E-state index in [0.717, 1.165) is 31.9 Å². The molecule has 0 bridgehead atoms. The summed E-state index contributed by atoms with van der Waals surface area (Å²) in [5.74, 6) is -0.175. The van der Waals surface area contributed by atoms with Gasteiger partial charge in [-0.2, -0.15) is 0 Å². The highest BCUT2D eigenvalue weighted by atomic mass is 19.1. The fourth-order valence-electron chi connectivity index (χ4n) is 3.01. The lowest BCUT2D eigenvalue weighted by molar-refractivity contribution is 0.112. The highest BCUT2D eigenvalue weighted by Crippen LogP contribution is 2.30. The fourth-order valence-corrected chi connectivity index (χ4v) is 3.01. The Bertz CT molecular complexity index is 1050. The second kappa shape index (κ2) is 9.23. The Morgan fingerprint density at radius 1 is 1.21 bits per heavy atom. The third kappa shape index (κ3) is 4.74. The molecule has 3 aromatic rings. The highest BCUT2D eigenvalue weighted by molar-refractivity contribution is 5.90. The van der Waals surface area contributed by atoms with Crippen molar-refractivity contribution in [3.05, 3.63) is 47.8 Å². The van der Waals surface area contributed by atoms with Gasteiger partial charge < -0.3 is 10.6 Å². The molecule has 0 unspecified atom stereocenters. The molecular formula is C22H24FN5O. The molecule has 0 aliphatic rings. The fraction of sp³-hybridized carbons (Fsp3) is 0.273. The number of nitrogens with two attached hydrogens (primary N) is 1. The van der Waals surface area contributed by atoms with Crippen molar-refractivity contribution in [3.63, 3.8) is 0 Å². The lowest BCUT2D eigenvalue weighted by Crippen LogP contribution is -2.17. The molecule has 0 saturated carbocycles. The first-order chi connectivity index (χ1) is 14.0. The molecule has 0 spiro atoms. The van der Waals surface area contributed by atoms with Crippen LogP contribution in [0.25, 0.3) is 22.3 Å². The maximum absolute atomic E-state index is 14.7. The number of aromatic nitrogens is 2. The number of anilines is 1. The van der Waals surface area contributed by atoms with Crippen molar-refractivity contribution in [2.24, 2.45) is 4.99 Å². The van der Waals surface area contributed by atoms with Crippen LogP contribution in [0.2, 0.25) is 0 Å². The van der Waals surface area contributed by atoms with E-state index in [4.69, 9.17) is 5.73 Å². The molecule has 2 N–H and O–H groups in total. The Kier molecular flexibility index (Phi) is 6.49. The zero-order valence-electron chi connectivity index (χ0n) is 16.6. The molecule has 150 valence electrons. The molecule has 1 heterocycles. The van der Waals surface area contributed by atoms with Gasteiger partial charge in [-0.3, -0.25) is 4.79 Å². The molecule has 1 aromatic heterocycles. The van der Waals surface area contributed by atoms with E-state index in [9.17, 15) is 9.18 Å². The minimum Gasteiger partial charge on any atom is -0.383 e. The maximum atomic E-state index is 14.7. The van der Waals surface area contributed by atoms with Gasteiger partial charge in [0.15, 0.2) is 12.1 Å². The van der Waals surface area contributed by atoms with Crippen LogP contribution >= 0.6 is 0 Å². The average Bonchev–Trinajstić information content (AvgIpc) is 2.72. The number of nitrogen functional groups attached to an aromatic ring is 1. The summed E-state index contributed by atoms with van der Waals surface area (Å²) < 4.78 is 14.7. The van der Waals surface area contributed by atoms with Gasteiger partial charge in [0.1, 0.15) is 11.6 Å². The van der Waals surface area contributed by atoms with Crippen LogP contribution in [0.1, 0.15) is 36.5 Å². The second-order valence-corrected chi connectivity index (χ2v) is 6.89. The number of aldehydes is 1. The van der Waals surface area contributed by atoms with Crippen LogP contribution < -0.4 is 5.73 Å². The number of rotatable bonds is 8. The van der Waals surface area contributed by atoms with E-state index in [2.05, 4.69) is 21.9 Å². The Labute approximate surface area is 169 Å². The van der Waals surface area contributed by atoms with E-state index in [1.54, 1.807) is 12.4 Å². The number of aliphatic imine (C=N–C) groups is 1. The number of hydrogen-bond acceptors (Lipinski definition) is 5. The van der Waals surface area contributed by atoms with E-state index < -0.39 is 5.82 Å². The summed E-state index contributed by atoms with van der Waals surface area (Å²) >= 11 is 0. The smallest absolute Gasteiger partial charge is 0.165 e. The van der Waals surface area contributed by atoms with Gasteiger partial charge in [-0.1, -0.05) is 31.9 Å². The van der Waals surface area contributed by atoms with Gasteiger partial charge in [0.25, 0.3) is 0 Å². The van der Waals surface area contributed by atoms with Crippen LogP contribution in [0.3, 0.4) is 0 Å². The van der Waals surface area contributed by atoms with E-state index in [1.165, 1.54) is 6.07 Å². The second-order valence-electron chi connectivity index (χ2n) is 6.89. The number of carbonyl (C=O) groups is 1. The summed E-state index contributed by atoms with van der Waals surface area (Å²) in [6.45, 7) is 3.00. The maximum Gasteiger partial charge on any atom is 0.165 e. The monoisotopic (exact) mass is 393 g/mol. The third-order valence-electron chi connectivity index (χ3n) is 4.63. The van der Waals surface area contributed by atoms with Crippen molar-refractivity contribution in [3.8, 4) is 11.4 Å². The molecule has 0 saturated heterocycles. The van der Waals surface area contributed by atoms with E-state index in [-0.39, 0.29) is 22.8 Å². The summed E-state index contributed by atoms with van der Waals surface area (Å²) in [5, 5.41) is 0.702. The van der Waals surface area contributed by atoms with Gasteiger partial charge >= 0.3 is 0 Å². The molecule has 0 radical (unpaired) electrons. The van der Waals surface area contributed by atoms with Crippen LogP contribution in [0.5, 0.6) is 0 Å². The third-order valence-corrected chi connectivity index (χ3v) is 4.63. The quantitative estimate of drug-likeness (QED) is 0.261. The molecule has 3 rings (SSSR count). The Morgan fingerprint density at radius 2 is 2.00 bits per heavy atom. The minimum absolute atomic E-state index is 0.147. The highest BCUT2D eigenvalue weighted by Gasteiger charge is 2.15. The van der Waals surface area contributed by atoms with Gasteiger partial charge in [-0.05, 0) is 30.7 Å². The molecule has 6 nitrogen and oxygen atoms in total.